The van der Waals surface area contributed by atoms with E-state index in [-0.39, 0.29) is 6.04 Å². The molecule has 0 saturated carbocycles. The van der Waals surface area contributed by atoms with E-state index >= 15 is 0 Å². The Labute approximate surface area is 191 Å². The van der Waals surface area contributed by atoms with Gasteiger partial charge in [0, 0.05) is 24.6 Å². The maximum atomic E-state index is 14.5. The van der Waals surface area contributed by atoms with Crippen LogP contribution in [0.4, 0.5) is 4.39 Å². The summed E-state index contributed by atoms with van der Waals surface area (Å²) in [6.07, 6.45) is 1.77. The van der Waals surface area contributed by atoms with Crippen molar-refractivity contribution in [3.63, 3.8) is 0 Å². The summed E-state index contributed by atoms with van der Waals surface area (Å²) in [7, 11) is 1.53. The molecule has 4 heterocycles. The number of hydrogen-bond acceptors (Lipinski definition) is 8. The van der Waals surface area contributed by atoms with Gasteiger partial charge in [-0.3, -0.25) is 4.98 Å². The highest BCUT2D eigenvalue weighted by Gasteiger charge is 2.23. The second kappa shape index (κ2) is 9.86. The Morgan fingerprint density at radius 2 is 1.91 bits per heavy atom. The lowest BCUT2D eigenvalue weighted by atomic mass is 10.1. The van der Waals surface area contributed by atoms with Gasteiger partial charge in [0.2, 0.25) is 5.88 Å². The Bertz CT molecular complexity index is 1120. The van der Waals surface area contributed by atoms with E-state index in [2.05, 4.69) is 15.3 Å². The maximum Gasteiger partial charge on any atom is 0.213 e. The molecule has 0 spiro atoms. The molecule has 0 bridgehead atoms. The minimum Gasteiger partial charge on any atom is -0.486 e. The van der Waals surface area contributed by atoms with E-state index < -0.39 is 12.1 Å². The Hall–Kier alpha value is -3.01. The Kier molecular flexibility index (Phi) is 6.52. The SMILES string of the molecule is COc1ccc2ncc(F)c(CC[C@H]3OC[C@H](NCc4ccc5c(c4)OCCO5)CO3)c2n1. The standard InChI is InChI=1S/C24H26FN3O5/c1-29-22-6-4-19-24(28-22)17(18(25)12-27-19)3-7-23-32-13-16(14-33-23)26-11-15-2-5-20-21(10-15)31-9-8-30-20/h2,4-6,10,12,16,23,26H,3,7-9,11,13-14H2,1H3/t16-,23-. The van der Waals surface area contributed by atoms with Crippen LogP contribution in [0.1, 0.15) is 17.5 Å². The minimum absolute atomic E-state index is 0.0684. The van der Waals surface area contributed by atoms with Crippen molar-refractivity contribution >= 4 is 11.0 Å². The van der Waals surface area contributed by atoms with Crippen molar-refractivity contribution in [1.29, 1.82) is 0 Å². The number of fused-ring (bicyclic) bond motifs is 2. The largest absolute Gasteiger partial charge is 0.486 e. The molecule has 2 aliphatic rings. The Balaban J connectivity index is 1.13. The summed E-state index contributed by atoms with van der Waals surface area (Å²) in [5, 5.41) is 3.45. The van der Waals surface area contributed by atoms with Gasteiger partial charge in [0.15, 0.2) is 17.8 Å². The number of aromatic nitrogens is 2. The van der Waals surface area contributed by atoms with Crippen molar-refractivity contribution in [2.75, 3.05) is 33.5 Å². The van der Waals surface area contributed by atoms with Crippen LogP contribution in [0.3, 0.4) is 0 Å². The fourth-order valence-corrected chi connectivity index (χ4v) is 3.98. The third-order valence-electron chi connectivity index (χ3n) is 5.75. The van der Waals surface area contributed by atoms with Crippen molar-refractivity contribution < 1.29 is 28.1 Å². The van der Waals surface area contributed by atoms with Crippen LogP contribution in [-0.4, -0.2) is 55.8 Å². The second-order valence-corrected chi connectivity index (χ2v) is 8.00. The normalized spacial score (nSPS) is 20.1. The molecule has 1 fully saturated rings. The van der Waals surface area contributed by atoms with Gasteiger partial charge in [-0.15, -0.1) is 0 Å². The van der Waals surface area contributed by atoms with Crippen molar-refractivity contribution in [2.45, 2.75) is 31.7 Å². The maximum absolute atomic E-state index is 14.5. The Morgan fingerprint density at radius 1 is 1.09 bits per heavy atom. The van der Waals surface area contributed by atoms with Gasteiger partial charge < -0.3 is 29.0 Å². The first-order valence-electron chi connectivity index (χ1n) is 11.0. The zero-order chi connectivity index (χ0) is 22.6. The van der Waals surface area contributed by atoms with E-state index in [1.165, 1.54) is 13.3 Å². The molecule has 5 rings (SSSR count). The van der Waals surface area contributed by atoms with Crippen molar-refractivity contribution in [3.8, 4) is 17.4 Å². The number of methoxy groups -OCH3 is 1. The van der Waals surface area contributed by atoms with Crippen LogP contribution in [-0.2, 0) is 22.4 Å². The molecule has 1 N–H and O–H groups in total. The van der Waals surface area contributed by atoms with Gasteiger partial charge in [-0.05, 0) is 30.2 Å². The smallest absolute Gasteiger partial charge is 0.213 e. The highest BCUT2D eigenvalue weighted by atomic mass is 19.1. The number of nitrogens with one attached hydrogen (secondary N) is 1. The number of benzene rings is 1. The molecule has 9 heteroatoms. The number of aryl methyl sites for hydroxylation is 1. The lowest BCUT2D eigenvalue weighted by molar-refractivity contribution is -0.192. The van der Waals surface area contributed by atoms with Gasteiger partial charge in [0.05, 0.1) is 43.6 Å². The quantitative estimate of drug-likeness (QED) is 0.582. The summed E-state index contributed by atoms with van der Waals surface area (Å²) in [6, 6.07) is 9.49. The summed E-state index contributed by atoms with van der Waals surface area (Å²) in [5.74, 6) is 1.59. The second-order valence-electron chi connectivity index (χ2n) is 8.00. The summed E-state index contributed by atoms with van der Waals surface area (Å²) in [6.45, 7) is 2.84. The van der Waals surface area contributed by atoms with Crippen LogP contribution >= 0.6 is 0 Å². The van der Waals surface area contributed by atoms with Gasteiger partial charge in [0.1, 0.15) is 19.0 Å². The number of pyridine rings is 2. The molecule has 0 atom stereocenters. The number of ether oxygens (including phenoxy) is 5. The molecule has 0 aliphatic carbocycles. The molecule has 33 heavy (non-hydrogen) atoms. The van der Waals surface area contributed by atoms with E-state index in [4.69, 9.17) is 23.7 Å². The molecule has 8 nitrogen and oxygen atoms in total. The topological polar surface area (TPSA) is 84.0 Å². The number of halogens is 1. The van der Waals surface area contributed by atoms with Crippen molar-refractivity contribution in [1.82, 2.24) is 15.3 Å². The van der Waals surface area contributed by atoms with Gasteiger partial charge in [-0.25, -0.2) is 9.37 Å². The van der Waals surface area contributed by atoms with Crippen molar-refractivity contribution in [2.24, 2.45) is 0 Å². The van der Waals surface area contributed by atoms with Gasteiger partial charge in [-0.2, -0.15) is 0 Å². The van der Waals surface area contributed by atoms with Gasteiger partial charge >= 0.3 is 0 Å². The zero-order valence-corrected chi connectivity index (χ0v) is 18.4. The molecule has 3 aromatic rings. The van der Waals surface area contributed by atoms with Crippen LogP contribution in [0.2, 0.25) is 0 Å². The number of rotatable bonds is 7. The molecule has 0 unspecified atom stereocenters. The minimum atomic E-state index is -0.398. The lowest BCUT2D eigenvalue weighted by Gasteiger charge is -2.30. The molecule has 2 aromatic heterocycles. The number of hydrogen-bond donors (Lipinski definition) is 1. The van der Waals surface area contributed by atoms with E-state index in [1.54, 1.807) is 12.1 Å². The molecular weight excluding hydrogens is 429 g/mol. The average molecular weight is 455 g/mol. The van der Waals surface area contributed by atoms with Crippen LogP contribution < -0.4 is 19.5 Å². The molecule has 0 radical (unpaired) electrons. The van der Waals surface area contributed by atoms with E-state index in [9.17, 15) is 4.39 Å². The molecule has 1 saturated heterocycles. The third kappa shape index (κ3) is 5.00. The van der Waals surface area contributed by atoms with Crippen LogP contribution in [0.5, 0.6) is 17.4 Å². The first kappa shape index (κ1) is 21.8. The Morgan fingerprint density at radius 3 is 2.73 bits per heavy atom. The highest BCUT2D eigenvalue weighted by Crippen LogP contribution is 2.30. The monoisotopic (exact) mass is 455 g/mol. The van der Waals surface area contributed by atoms with E-state index in [1.807, 2.05) is 18.2 Å². The van der Waals surface area contributed by atoms with E-state index in [0.717, 1.165) is 17.1 Å². The zero-order valence-electron chi connectivity index (χ0n) is 18.4. The predicted octanol–water partition coefficient (Wildman–Crippen LogP) is 3.01. The molecule has 1 aromatic carbocycles. The fourth-order valence-electron chi connectivity index (χ4n) is 3.98. The van der Waals surface area contributed by atoms with Gasteiger partial charge in [-0.1, -0.05) is 6.07 Å². The fraction of sp³-hybridized carbons (Fsp3) is 0.417. The summed E-state index contributed by atoms with van der Waals surface area (Å²) >= 11 is 0. The molecule has 2 aliphatic heterocycles. The lowest BCUT2D eigenvalue weighted by Crippen LogP contribution is -2.44. The summed E-state index contributed by atoms with van der Waals surface area (Å²) in [5.41, 5.74) is 2.72. The van der Waals surface area contributed by atoms with E-state index in [0.29, 0.717) is 68.3 Å². The molecule has 0 amide bonds. The first-order chi connectivity index (χ1) is 16.2. The van der Waals surface area contributed by atoms with Crippen LogP contribution in [0, 0.1) is 5.82 Å². The highest BCUT2D eigenvalue weighted by molar-refractivity contribution is 5.78. The van der Waals surface area contributed by atoms with Crippen LogP contribution in [0.15, 0.2) is 36.5 Å². The molecular formula is C24H26FN3O5. The predicted molar refractivity (Wildman–Crippen MR) is 118 cm³/mol. The third-order valence-corrected chi connectivity index (χ3v) is 5.75. The number of nitrogens with zero attached hydrogens (tertiary/aromatic N) is 2. The summed E-state index contributed by atoms with van der Waals surface area (Å²) < 4.78 is 42.6. The summed E-state index contributed by atoms with van der Waals surface area (Å²) in [4.78, 5) is 8.49. The van der Waals surface area contributed by atoms with Gasteiger partial charge in [0.25, 0.3) is 0 Å². The first-order valence-corrected chi connectivity index (χ1v) is 11.0. The average Bonchev–Trinajstić information content (AvgIpc) is 2.87. The van der Waals surface area contributed by atoms with Crippen molar-refractivity contribution in [3.05, 3.63) is 53.5 Å². The molecule has 174 valence electrons. The van der Waals surface area contributed by atoms with Crippen LogP contribution in [0.25, 0.3) is 11.0 Å².